The van der Waals surface area contributed by atoms with E-state index in [9.17, 15) is 5.26 Å². The molecule has 3 rings (SSSR count). The van der Waals surface area contributed by atoms with Crippen LogP contribution in [0.2, 0.25) is 0 Å². The zero-order valence-electron chi connectivity index (χ0n) is 12.6. The molecule has 0 amide bonds. The van der Waals surface area contributed by atoms with Gasteiger partial charge in [0.15, 0.2) is 4.67 Å². The van der Waals surface area contributed by atoms with E-state index in [1.807, 2.05) is 5.38 Å². The summed E-state index contributed by atoms with van der Waals surface area (Å²) in [4.78, 5) is 4.62. The van der Waals surface area contributed by atoms with Gasteiger partial charge in [0.1, 0.15) is 16.8 Å². The number of hydrogen-bond donors (Lipinski definition) is 0. The Balaban J connectivity index is 1.97. The Morgan fingerprint density at radius 2 is 2.13 bits per heavy atom. The van der Waals surface area contributed by atoms with Crippen molar-refractivity contribution in [1.82, 2.24) is 4.98 Å². The Hall–Kier alpha value is -2.16. The standard InChI is InChI=1S/C18H13BrN2OS/c1-11-3-5-15(12(2)7-11)16-10-23-18(21-16)13(9-20)8-14-4-6-17(19)22-14/h3-8,10H,1-2H3/b13-8+. The molecule has 0 unspecified atom stereocenters. The maximum atomic E-state index is 9.41. The van der Waals surface area contributed by atoms with Gasteiger partial charge >= 0.3 is 0 Å². The van der Waals surface area contributed by atoms with Gasteiger partial charge < -0.3 is 4.42 Å². The van der Waals surface area contributed by atoms with E-state index in [0.717, 1.165) is 11.3 Å². The van der Waals surface area contributed by atoms with Gasteiger partial charge in [-0.2, -0.15) is 5.26 Å². The van der Waals surface area contributed by atoms with E-state index in [1.165, 1.54) is 22.5 Å². The smallest absolute Gasteiger partial charge is 0.169 e. The third kappa shape index (κ3) is 3.44. The summed E-state index contributed by atoms with van der Waals surface area (Å²) in [6, 6.07) is 12.1. The molecule has 0 aliphatic carbocycles. The van der Waals surface area contributed by atoms with Gasteiger partial charge in [0.25, 0.3) is 0 Å². The molecule has 2 aromatic heterocycles. The molecule has 2 heterocycles. The van der Waals surface area contributed by atoms with Crippen molar-refractivity contribution in [3.63, 3.8) is 0 Å². The summed E-state index contributed by atoms with van der Waals surface area (Å²) in [6.45, 7) is 4.14. The zero-order chi connectivity index (χ0) is 16.4. The van der Waals surface area contributed by atoms with Gasteiger partial charge in [-0.3, -0.25) is 0 Å². The molecule has 0 spiro atoms. The first-order chi connectivity index (χ1) is 11.1. The van der Waals surface area contributed by atoms with E-state index in [0.29, 0.717) is 21.0 Å². The highest BCUT2D eigenvalue weighted by Crippen LogP contribution is 2.29. The lowest BCUT2D eigenvalue weighted by molar-refractivity contribution is 0.532. The van der Waals surface area contributed by atoms with Crippen molar-refractivity contribution >= 4 is 38.9 Å². The van der Waals surface area contributed by atoms with Crippen LogP contribution >= 0.6 is 27.3 Å². The number of nitrogens with zero attached hydrogens (tertiary/aromatic N) is 2. The van der Waals surface area contributed by atoms with Crippen LogP contribution in [0.1, 0.15) is 21.9 Å². The minimum Gasteiger partial charge on any atom is -0.450 e. The first kappa shape index (κ1) is 15.7. The normalized spacial score (nSPS) is 11.5. The van der Waals surface area contributed by atoms with Crippen LogP contribution in [-0.4, -0.2) is 4.98 Å². The molecular weight excluding hydrogens is 372 g/mol. The maximum Gasteiger partial charge on any atom is 0.169 e. The highest BCUT2D eigenvalue weighted by atomic mass is 79.9. The van der Waals surface area contributed by atoms with E-state index in [4.69, 9.17) is 4.42 Å². The Morgan fingerprint density at radius 1 is 1.30 bits per heavy atom. The molecule has 0 aliphatic rings. The largest absolute Gasteiger partial charge is 0.450 e. The molecule has 0 radical (unpaired) electrons. The molecule has 23 heavy (non-hydrogen) atoms. The number of benzene rings is 1. The molecule has 3 nitrogen and oxygen atoms in total. The molecule has 0 saturated carbocycles. The third-order valence-corrected chi connectivity index (χ3v) is 4.70. The van der Waals surface area contributed by atoms with Crippen LogP contribution in [0, 0.1) is 25.2 Å². The minimum atomic E-state index is 0.493. The fraction of sp³-hybridized carbons (Fsp3) is 0.111. The van der Waals surface area contributed by atoms with Crippen molar-refractivity contribution in [2.45, 2.75) is 13.8 Å². The number of allylic oxidation sites excluding steroid dienone is 1. The lowest BCUT2D eigenvalue weighted by Crippen LogP contribution is -1.86. The van der Waals surface area contributed by atoms with E-state index >= 15 is 0 Å². The average Bonchev–Trinajstić information content (AvgIpc) is 3.14. The first-order valence-corrected chi connectivity index (χ1v) is 8.65. The third-order valence-electron chi connectivity index (χ3n) is 3.39. The van der Waals surface area contributed by atoms with Crippen LogP contribution in [0.25, 0.3) is 22.9 Å². The van der Waals surface area contributed by atoms with E-state index in [-0.39, 0.29) is 0 Å². The molecule has 1 aromatic carbocycles. The van der Waals surface area contributed by atoms with Gasteiger partial charge in [-0.15, -0.1) is 11.3 Å². The summed E-state index contributed by atoms with van der Waals surface area (Å²) in [5, 5.41) is 12.1. The SMILES string of the molecule is Cc1ccc(-c2csc(/C(C#N)=C/c3ccc(Br)o3)n2)c(C)c1. The van der Waals surface area contributed by atoms with Gasteiger partial charge in [-0.1, -0.05) is 23.8 Å². The Kier molecular flexibility index (Phi) is 4.46. The fourth-order valence-electron chi connectivity index (χ4n) is 2.31. The molecule has 0 aliphatic heterocycles. The molecule has 0 fully saturated rings. The lowest BCUT2D eigenvalue weighted by atomic mass is 10.0. The first-order valence-electron chi connectivity index (χ1n) is 6.97. The molecule has 0 N–H and O–H groups in total. The van der Waals surface area contributed by atoms with Crippen molar-refractivity contribution in [2.24, 2.45) is 0 Å². The topological polar surface area (TPSA) is 49.8 Å². The van der Waals surface area contributed by atoms with Gasteiger partial charge in [0, 0.05) is 17.0 Å². The van der Waals surface area contributed by atoms with Gasteiger partial charge in [-0.25, -0.2) is 4.98 Å². The summed E-state index contributed by atoms with van der Waals surface area (Å²) < 4.78 is 6.06. The second-order valence-corrected chi connectivity index (χ2v) is 6.81. The van der Waals surface area contributed by atoms with Gasteiger partial charge in [0.2, 0.25) is 0 Å². The highest BCUT2D eigenvalue weighted by molar-refractivity contribution is 9.10. The van der Waals surface area contributed by atoms with Crippen molar-refractivity contribution < 1.29 is 4.42 Å². The number of aryl methyl sites for hydroxylation is 2. The summed E-state index contributed by atoms with van der Waals surface area (Å²) >= 11 is 4.72. The van der Waals surface area contributed by atoms with Crippen molar-refractivity contribution in [3.8, 4) is 17.3 Å². The maximum absolute atomic E-state index is 9.41. The van der Waals surface area contributed by atoms with E-state index < -0.39 is 0 Å². The number of rotatable bonds is 3. The molecule has 3 aromatic rings. The van der Waals surface area contributed by atoms with Crippen LogP contribution in [0.15, 0.2) is 44.8 Å². The summed E-state index contributed by atoms with van der Waals surface area (Å²) in [5.74, 6) is 0.622. The quantitative estimate of drug-likeness (QED) is 0.532. The van der Waals surface area contributed by atoms with Crippen LogP contribution in [0.5, 0.6) is 0 Å². The van der Waals surface area contributed by atoms with Crippen LogP contribution in [0.3, 0.4) is 0 Å². The molecule has 5 heteroatoms. The number of thiazole rings is 1. The number of nitriles is 1. The summed E-state index contributed by atoms with van der Waals surface area (Å²) in [6.07, 6.45) is 1.70. The molecule has 0 atom stereocenters. The Bertz CT molecular complexity index is 931. The average molecular weight is 385 g/mol. The Morgan fingerprint density at radius 3 is 2.78 bits per heavy atom. The molecule has 0 saturated heterocycles. The van der Waals surface area contributed by atoms with Crippen molar-refractivity contribution in [2.75, 3.05) is 0 Å². The minimum absolute atomic E-state index is 0.493. The second-order valence-electron chi connectivity index (χ2n) is 5.17. The number of halogens is 1. The Labute approximate surface area is 147 Å². The van der Waals surface area contributed by atoms with Crippen LogP contribution < -0.4 is 0 Å². The number of furan rings is 1. The van der Waals surface area contributed by atoms with Crippen LogP contribution in [0.4, 0.5) is 0 Å². The zero-order valence-corrected chi connectivity index (χ0v) is 15.0. The second kappa shape index (κ2) is 6.53. The fourth-order valence-corrected chi connectivity index (χ4v) is 3.42. The van der Waals surface area contributed by atoms with Gasteiger partial charge in [0.05, 0.1) is 11.3 Å². The van der Waals surface area contributed by atoms with Crippen molar-refractivity contribution in [1.29, 1.82) is 5.26 Å². The lowest BCUT2D eigenvalue weighted by Gasteiger charge is -2.03. The molecular formula is C18H13BrN2OS. The van der Waals surface area contributed by atoms with E-state index in [1.54, 1.807) is 18.2 Å². The monoisotopic (exact) mass is 384 g/mol. The molecule has 0 bridgehead atoms. The van der Waals surface area contributed by atoms with Crippen LogP contribution in [-0.2, 0) is 0 Å². The van der Waals surface area contributed by atoms with Gasteiger partial charge in [-0.05, 0) is 47.5 Å². The summed E-state index contributed by atoms with van der Waals surface area (Å²) in [5.41, 5.74) is 4.88. The predicted molar refractivity (Wildman–Crippen MR) is 96.9 cm³/mol. The summed E-state index contributed by atoms with van der Waals surface area (Å²) in [7, 11) is 0. The number of hydrogen-bond acceptors (Lipinski definition) is 4. The number of aromatic nitrogens is 1. The molecule has 114 valence electrons. The van der Waals surface area contributed by atoms with Crippen molar-refractivity contribution in [3.05, 3.63) is 62.3 Å². The predicted octanol–water partition coefficient (Wildman–Crippen LogP) is 5.85. The van der Waals surface area contributed by atoms with E-state index in [2.05, 4.69) is 59.0 Å². The highest BCUT2D eigenvalue weighted by Gasteiger charge is 2.11.